The third kappa shape index (κ3) is 5.77. The molecule has 1 rings (SSSR count). The van der Waals surface area contributed by atoms with Gasteiger partial charge in [0, 0.05) is 19.8 Å². The van der Waals surface area contributed by atoms with Crippen LogP contribution in [0.2, 0.25) is 0 Å². The molecule has 1 fully saturated rings. The Hall–Kier alpha value is -0.650. The second kappa shape index (κ2) is 8.60. The predicted octanol–water partition coefficient (Wildman–Crippen LogP) is 0.979. The molecule has 0 aromatic heterocycles. The van der Waals surface area contributed by atoms with E-state index in [0.29, 0.717) is 0 Å². The Morgan fingerprint density at radius 2 is 2.05 bits per heavy atom. The van der Waals surface area contributed by atoms with E-state index in [-0.39, 0.29) is 5.91 Å². The fourth-order valence-corrected chi connectivity index (χ4v) is 2.69. The smallest absolute Gasteiger partial charge is 0.237 e. The predicted molar refractivity (Wildman–Crippen MR) is 81.6 cm³/mol. The van der Waals surface area contributed by atoms with E-state index in [2.05, 4.69) is 17.3 Å². The number of amides is 1. The Morgan fingerprint density at radius 3 is 2.60 bits per heavy atom. The van der Waals surface area contributed by atoms with Gasteiger partial charge in [-0.05, 0) is 65.6 Å². The number of ether oxygens (including phenoxy) is 1. The van der Waals surface area contributed by atoms with Crippen LogP contribution in [0.25, 0.3) is 0 Å². The first-order valence-corrected chi connectivity index (χ1v) is 7.73. The van der Waals surface area contributed by atoms with Gasteiger partial charge in [0.1, 0.15) is 0 Å². The first kappa shape index (κ1) is 17.4. The van der Waals surface area contributed by atoms with Crippen molar-refractivity contribution in [3.8, 4) is 0 Å². The van der Waals surface area contributed by atoms with Gasteiger partial charge in [0.25, 0.3) is 0 Å². The van der Waals surface area contributed by atoms with Gasteiger partial charge in [-0.3, -0.25) is 4.79 Å². The van der Waals surface area contributed by atoms with Crippen molar-refractivity contribution in [1.82, 2.24) is 10.2 Å². The molecule has 1 saturated heterocycles. The van der Waals surface area contributed by atoms with Crippen molar-refractivity contribution in [2.45, 2.75) is 44.6 Å². The van der Waals surface area contributed by atoms with E-state index in [1.807, 2.05) is 6.92 Å². The first-order chi connectivity index (χ1) is 9.48. The maximum atomic E-state index is 11.4. The van der Waals surface area contributed by atoms with Crippen molar-refractivity contribution >= 4 is 5.91 Å². The summed E-state index contributed by atoms with van der Waals surface area (Å²) in [7, 11) is 3.98. The zero-order valence-corrected chi connectivity index (χ0v) is 13.3. The molecule has 0 radical (unpaired) electrons. The fourth-order valence-electron chi connectivity index (χ4n) is 2.69. The second-order valence-corrected chi connectivity index (χ2v) is 6.22. The molecule has 0 spiro atoms. The van der Waals surface area contributed by atoms with Crippen LogP contribution < -0.4 is 11.1 Å². The van der Waals surface area contributed by atoms with E-state index >= 15 is 0 Å². The number of nitrogens with two attached hydrogens (primary N) is 1. The van der Waals surface area contributed by atoms with E-state index in [1.54, 1.807) is 7.05 Å². The van der Waals surface area contributed by atoms with Gasteiger partial charge in [-0.15, -0.1) is 0 Å². The average molecular weight is 285 g/mol. The van der Waals surface area contributed by atoms with Crippen LogP contribution in [0, 0.1) is 5.92 Å². The summed E-state index contributed by atoms with van der Waals surface area (Å²) in [6.07, 6.45) is 5.28. The van der Waals surface area contributed by atoms with Crippen molar-refractivity contribution in [3.05, 3.63) is 0 Å². The molecular formula is C15H31N3O2. The molecule has 1 aliphatic rings. The van der Waals surface area contributed by atoms with E-state index in [0.717, 1.165) is 51.5 Å². The first-order valence-electron chi connectivity index (χ1n) is 7.73. The Kier molecular flexibility index (Phi) is 7.48. The highest BCUT2D eigenvalue weighted by Crippen LogP contribution is 2.17. The van der Waals surface area contributed by atoms with Crippen molar-refractivity contribution < 1.29 is 9.53 Å². The monoisotopic (exact) mass is 285 g/mol. The highest BCUT2D eigenvalue weighted by atomic mass is 16.5. The summed E-state index contributed by atoms with van der Waals surface area (Å²) < 4.78 is 5.38. The summed E-state index contributed by atoms with van der Waals surface area (Å²) in [6, 6.07) is 0. The SMILES string of the molecule is CNC(C)(CCCCN(C)CC1CCOCC1)C(N)=O. The van der Waals surface area contributed by atoms with Gasteiger partial charge < -0.3 is 20.7 Å². The quantitative estimate of drug-likeness (QED) is 0.620. The van der Waals surface area contributed by atoms with Gasteiger partial charge in [0.15, 0.2) is 0 Å². The fraction of sp³-hybridized carbons (Fsp3) is 0.933. The number of primary amides is 1. The molecule has 0 aliphatic carbocycles. The highest BCUT2D eigenvalue weighted by molar-refractivity contribution is 5.84. The van der Waals surface area contributed by atoms with Crippen LogP contribution in [0.5, 0.6) is 0 Å². The van der Waals surface area contributed by atoms with Crippen LogP contribution in [0.15, 0.2) is 0 Å². The van der Waals surface area contributed by atoms with Gasteiger partial charge >= 0.3 is 0 Å². The van der Waals surface area contributed by atoms with Gasteiger partial charge in [-0.1, -0.05) is 0 Å². The van der Waals surface area contributed by atoms with E-state index in [4.69, 9.17) is 10.5 Å². The van der Waals surface area contributed by atoms with Gasteiger partial charge in [0.2, 0.25) is 5.91 Å². The van der Waals surface area contributed by atoms with Crippen molar-refractivity contribution in [2.75, 3.05) is 40.4 Å². The third-order valence-electron chi connectivity index (χ3n) is 4.47. The molecular weight excluding hydrogens is 254 g/mol. The minimum atomic E-state index is -0.570. The molecule has 0 aromatic carbocycles. The van der Waals surface area contributed by atoms with Gasteiger partial charge in [-0.25, -0.2) is 0 Å². The number of likely N-dealkylation sites (N-methyl/N-ethyl adjacent to an activating group) is 1. The van der Waals surface area contributed by atoms with Crippen molar-refractivity contribution in [2.24, 2.45) is 11.7 Å². The molecule has 0 saturated carbocycles. The zero-order chi connectivity index (χ0) is 15.0. The van der Waals surface area contributed by atoms with Crippen molar-refractivity contribution in [1.29, 1.82) is 0 Å². The maximum Gasteiger partial charge on any atom is 0.237 e. The number of unbranched alkanes of at least 4 members (excludes halogenated alkanes) is 1. The van der Waals surface area contributed by atoms with Gasteiger partial charge in [0.05, 0.1) is 5.54 Å². The van der Waals surface area contributed by atoms with Crippen LogP contribution in [0.4, 0.5) is 0 Å². The largest absolute Gasteiger partial charge is 0.381 e. The number of carbonyl (C=O) groups excluding carboxylic acids is 1. The average Bonchev–Trinajstić information content (AvgIpc) is 2.44. The van der Waals surface area contributed by atoms with Crippen LogP contribution in [0.3, 0.4) is 0 Å². The topological polar surface area (TPSA) is 67.6 Å². The Labute approximate surface area is 123 Å². The number of nitrogens with one attached hydrogen (secondary N) is 1. The molecule has 0 aromatic rings. The van der Waals surface area contributed by atoms with Crippen molar-refractivity contribution in [3.63, 3.8) is 0 Å². The summed E-state index contributed by atoms with van der Waals surface area (Å²) >= 11 is 0. The normalized spacial score (nSPS) is 20.0. The number of carbonyl (C=O) groups is 1. The summed E-state index contributed by atoms with van der Waals surface area (Å²) in [5, 5.41) is 3.03. The van der Waals surface area contributed by atoms with E-state index < -0.39 is 5.54 Å². The molecule has 5 nitrogen and oxygen atoms in total. The van der Waals surface area contributed by atoms with Crippen LogP contribution >= 0.6 is 0 Å². The molecule has 0 bridgehead atoms. The number of nitrogens with zero attached hydrogens (tertiary/aromatic N) is 1. The lowest BCUT2D eigenvalue weighted by Gasteiger charge is -2.28. The lowest BCUT2D eigenvalue weighted by molar-refractivity contribution is -0.123. The van der Waals surface area contributed by atoms with Crippen LogP contribution in [-0.2, 0) is 9.53 Å². The highest BCUT2D eigenvalue weighted by Gasteiger charge is 2.27. The minimum Gasteiger partial charge on any atom is -0.381 e. The summed E-state index contributed by atoms with van der Waals surface area (Å²) in [4.78, 5) is 13.8. The molecule has 118 valence electrons. The van der Waals surface area contributed by atoms with Crippen LogP contribution in [0.1, 0.15) is 39.0 Å². The molecule has 1 amide bonds. The second-order valence-electron chi connectivity index (χ2n) is 6.22. The summed E-state index contributed by atoms with van der Waals surface area (Å²) in [5.41, 5.74) is 4.85. The number of hydrogen-bond acceptors (Lipinski definition) is 4. The minimum absolute atomic E-state index is 0.268. The lowest BCUT2D eigenvalue weighted by Crippen LogP contribution is -2.51. The molecule has 1 heterocycles. The lowest BCUT2D eigenvalue weighted by atomic mass is 9.94. The Balaban J connectivity index is 2.15. The molecule has 3 N–H and O–H groups in total. The van der Waals surface area contributed by atoms with E-state index in [1.165, 1.54) is 12.8 Å². The summed E-state index contributed by atoms with van der Waals surface area (Å²) in [5.74, 6) is 0.512. The van der Waals surface area contributed by atoms with Gasteiger partial charge in [-0.2, -0.15) is 0 Å². The molecule has 1 unspecified atom stereocenters. The van der Waals surface area contributed by atoms with Crippen LogP contribution in [-0.4, -0.2) is 56.7 Å². The number of hydrogen-bond donors (Lipinski definition) is 2. The third-order valence-corrected chi connectivity index (χ3v) is 4.47. The van der Waals surface area contributed by atoms with E-state index in [9.17, 15) is 4.79 Å². The molecule has 1 atom stereocenters. The number of rotatable bonds is 9. The standard InChI is InChI=1S/C15H31N3O2/c1-15(17-2,14(16)19)8-4-5-9-18(3)12-13-6-10-20-11-7-13/h13,17H,4-12H2,1-3H3,(H2,16,19). The maximum absolute atomic E-state index is 11.4. The Bertz CT molecular complexity index is 293. The Morgan fingerprint density at radius 1 is 1.40 bits per heavy atom. The molecule has 5 heteroatoms. The molecule has 20 heavy (non-hydrogen) atoms. The molecule has 1 aliphatic heterocycles. The zero-order valence-electron chi connectivity index (χ0n) is 13.3. The summed E-state index contributed by atoms with van der Waals surface area (Å²) in [6.45, 7) is 5.94.